The topological polar surface area (TPSA) is 78.6 Å². The predicted octanol–water partition coefficient (Wildman–Crippen LogP) is 2.31. The minimum Gasteiger partial charge on any atom is -0.358 e. The molecule has 162 valence electrons. The second-order valence-corrected chi connectivity index (χ2v) is 8.07. The normalized spacial score (nSPS) is 10.5. The molecule has 0 fully saturated rings. The van der Waals surface area contributed by atoms with Gasteiger partial charge in [-0.1, -0.05) is 51.7 Å². The van der Waals surface area contributed by atoms with Crippen molar-refractivity contribution in [3.8, 4) is 0 Å². The fourth-order valence-electron chi connectivity index (χ4n) is 1.86. The summed E-state index contributed by atoms with van der Waals surface area (Å²) in [5, 5.41) is 2.14. The number of aryl methyl sites for hydroxylation is 1. The molecular weight excluding hydrogens is 440 g/mol. The van der Waals surface area contributed by atoms with Crippen molar-refractivity contribution in [1.29, 1.82) is 0 Å². The van der Waals surface area contributed by atoms with E-state index in [0.717, 1.165) is 16.4 Å². The number of nitrogens with one attached hydrogen (secondary N) is 2. The Morgan fingerprint density at radius 3 is 2.20 bits per heavy atom. The first-order chi connectivity index (χ1) is 13.1. The Balaban J connectivity index is -0.000000478. The van der Waals surface area contributed by atoms with Crippen LogP contribution in [0.1, 0.15) is 62.9 Å². The predicted molar refractivity (Wildman–Crippen MR) is 130 cm³/mol. The summed E-state index contributed by atoms with van der Waals surface area (Å²) in [4.78, 5) is 32.2. The van der Waals surface area contributed by atoms with Crippen LogP contribution in [0.15, 0.2) is 39.2 Å². The van der Waals surface area contributed by atoms with Crippen molar-refractivity contribution in [2.75, 3.05) is 0 Å². The third-order valence-corrected chi connectivity index (χ3v) is 4.67. The zero-order valence-electron chi connectivity index (χ0n) is 19.7. The molecule has 8 heteroatoms. The van der Waals surface area contributed by atoms with E-state index >= 15 is 0 Å². The Labute approximate surface area is 230 Å². The summed E-state index contributed by atoms with van der Waals surface area (Å²) < 4.78 is 0. The number of nitrogens with zero attached hydrogens (tertiary/aromatic N) is 1. The fraction of sp³-hybridized carbons (Fsp3) is 0.364. The number of rotatable bonds is 4. The zero-order valence-corrected chi connectivity index (χ0v) is 24.6. The Kier molecular flexibility index (Phi) is 20.5. The largest absolute Gasteiger partial charge is 1.00 e. The monoisotopic (exact) mass is 473 g/mol. The number of aromatic amines is 2. The first-order valence-electron chi connectivity index (χ1n) is 9.04. The van der Waals surface area contributed by atoms with Crippen LogP contribution in [-0.2, 0) is 0 Å². The molecule has 0 aliphatic heterocycles. The number of hydrogen-bond acceptors (Lipinski definition) is 4. The quantitative estimate of drug-likeness (QED) is 0.310. The average Bonchev–Trinajstić information content (AvgIpc) is 3.05. The number of aromatic nitrogens is 3. The summed E-state index contributed by atoms with van der Waals surface area (Å²) in [7, 11) is 3.40. The van der Waals surface area contributed by atoms with Crippen LogP contribution in [-0.4, -0.2) is 20.2 Å². The van der Waals surface area contributed by atoms with Crippen LogP contribution >= 0.6 is 20.2 Å². The van der Waals surface area contributed by atoms with Crippen molar-refractivity contribution < 1.29 is 51.4 Å². The van der Waals surface area contributed by atoms with E-state index in [-0.39, 0.29) is 64.4 Å². The smallest absolute Gasteiger partial charge is 0.358 e. The molecule has 2 aromatic heterocycles. The van der Waals surface area contributed by atoms with Gasteiger partial charge in [0.25, 0.3) is 0 Å². The van der Waals surface area contributed by atoms with Crippen molar-refractivity contribution in [2.24, 2.45) is 0 Å². The summed E-state index contributed by atoms with van der Waals surface area (Å²) in [6.07, 6.45) is 7.71. The van der Waals surface area contributed by atoms with E-state index in [2.05, 4.69) is 57.6 Å². The number of allylic oxidation sites excluding steroid dienone is 3. The van der Waals surface area contributed by atoms with Crippen molar-refractivity contribution in [2.45, 2.75) is 54.4 Å². The molecule has 2 rings (SSSR count). The maximum atomic E-state index is 11.4. The standard InChI is InChI=1S/C12H13N2O2P.C7H11NS.C2H6.CH3.K/c1-7(2)10(8(3)17)5-4-9-6-13-12(16)14-11(9)15;1-5(2)7-8-4-6(3)9-7;1-2;;/h5-6,17H,1H2,2-3H3,(H2,13,14,15,16);4-5H,1-3H3;1-2H3;1H3;/q-2;;;-1;+1/b10-7-;;;;. The minimum absolute atomic E-state index is 0. The Morgan fingerprint density at radius 1 is 1.30 bits per heavy atom. The van der Waals surface area contributed by atoms with Crippen molar-refractivity contribution in [1.82, 2.24) is 15.0 Å². The molecule has 2 N–H and O–H groups in total. The van der Waals surface area contributed by atoms with Gasteiger partial charge in [-0.2, -0.15) is 5.57 Å². The number of hydrogen-bond donors (Lipinski definition) is 2. The van der Waals surface area contributed by atoms with Gasteiger partial charge in [-0.25, -0.2) is 16.7 Å². The first-order valence-corrected chi connectivity index (χ1v) is 10.4. The first kappa shape index (κ1) is 34.1. The molecule has 0 aliphatic carbocycles. The van der Waals surface area contributed by atoms with Gasteiger partial charge in [0.15, 0.2) is 5.56 Å². The summed E-state index contributed by atoms with van der Waals surface area (Å²) in [6, 6.07) is 0. The molecule has 5 nitrogen and oxygen atoms in total. The molecule has 0 unspecified atom stereocenters. The van der Waals surface area contributed by atoms with E-state index in [1.165, 1.54) is 16.1 Å². The van der Waals surface area contributed by atoms with Gasteiger partial charge in [0.05, 0.1) is 5.01 Å². The molecule has 0 amide bonds. The van der Waals surface area contributed by atoms with Crippen LogP contribution in [0.2, 0.25) is 0 Å². The molecular formula is C22H33KN3O2PS-2. The van der Waals surface area contributed by atoms with Gasteiger partial charge in [0, 0.05) is 17.0 Å². The molecule has 0 atom stereocenters. The van der Waals surface area contributed by atoms with Gasteiger partial charge < -0.3 is 22.2 Å². The second kappa shape index (κ2) is 18.1. The van der Waals surface area contributed by atoms with Gasteiger partial charge in [0.2, 0.25) is 0 Å². The SMILES string of the molecule is CC.Cc1cnc(C(C)C)s1.[CH2-]/C(C)=C(\C=[C-]c1c[nH]c(=O)[nH]c1=O)C(C)=P.[CH3-].[K+]. The Bertz CT molecular complexity index is 936. The maximum absolute atomic E-state index is 11.4. The van der Waals surface area contributed by atoms with Crippen LogP contribution < -0.4 is 62.6 Å². The second-order valence-electron chi connectivity index (χ2n) is 6.06. The molecule has 2 aromatic rings. The molecule has 0 radical (unpaired) electrons. The van der Waals surface area contributed by atoms with E-state index in [4.69, 9.17) is 0 Å². The van der Waals surface area contributed by atoms with Crippen LogP contribution in [0.3, 0.4) is 0 Å². The molecule has 0 bridgehead atoms. The van der Waals surface area contributed by atoms with Gasteiger partial charge in [-0.05, 0) is 13.8 Å². The van der Waals surface area contributed by atoms with Gasteiger partial charge in [-0.15, -0.1) is 37.9 Å². The average molecular weight is 474 g/mol. The number of H-pyrrole nitrogens is 2. The molecule has 0 saturated heterocycles. The molecule has 2 heterocycles. The third-order valence-electron chi connectivity index (χ3n) is 3.19. The van der Waals surface area contributed by atoms with Crippen molar-refractivity contribution in [3.05, 3.63) is 86.3 Å². The Hall–Kier alpha value is -0.534. The molecule has 0 spiro atoms. The maximum Gasteiger partial charge on any atom is 1.00 e. The summed E-state index contributed by atoms with van der Waals surface area (Å²) >= 11 is 1.78. The van der Waals surface area contributed by atoms with E-state index in [1.54, 1.807) is 17.4 Å². The van der Waals surface area contributed by atoms with Crippen molar-refractivity contribution in [3.63, 3.8) is 0 Å². The molecule has 30 heavy (non-hydrogen) atoms. The van der Waals surface area contributed by atoms with E-state index in [1.807, 2.05) is 33.9 Å². The molecule has 0 aliphatic rings. The fourth-order valence-corrected chi connectivity index (χ4v) is 2.92. The Morgan fingerprint density at radius 2 is 1.87 bits per heavy atom. The van der Waals surface area contributed by atoms with Gasteiger partial charge >= 0.3 is 57.1 Å². The molecule has 0 saturated carbocycles. The van der Waals surface area contributed by atoms with Crippen LogP contribution in [0.5, 0.6) is 0 Å². The van der Waals surface area contributed by atoms with Crippen molar-refractivity contribution >= 4 is 25.5 Å². The summed E-state index contributed by atoms with van der Waals surface area (Å²) in [6.45, 7) is 18.0. The van der Waals surface area contributed by atoms with Crippen LogP contribution in [0.25, 0.3) is 0 Å². The molecule has 0 aromatic carbocycles. The van der Waals surface area contributed by atoms with Crippen LogP contribution in [0, 0.1) is 27.4 Å². The van der Waals surface area contributed by atoms with Gasteiger partial charge in [0.1, 0.15) is 0 Å². The van der Waals surface area contributed by atoms with Crippen LogP contribution in [0.4, 0.5) is 0 Å². The van der Waals surface area contributed by atoms with E-state index < -0.39 is 11.2 Å². The number of thiazole rings is 1. The zero-order chi connectivity index (χ0) is 21.9. The third kappa shape index (κ3) is 13.0. The van der Waals surface area contributed by atoms with E-state index in [0.29, 0.717) is 5.92 Å². The van der Waals surface area contributed by atoms with E-state index in [9.17, 15) is 9.59 Å². The summed E-state index contributed by atoms with van der Waals surface area (Å²) in [5.41, 5.74) is 0.958. The summed E-state index contributed by atoms with van der Waals surface area (Å²) in [5.74, 6) is 0.587. The minimum atomic E-state index is -0.535. The van der Waals surface area contributed by atoms with Gasteiger partial charge in [-0.3, -0.25) is 0 Å².